The van der Waals surface area contributed by atoms with E-state index in [1.165, 1.54) is 0 Å². The maximum Gasteiger partial charge on any atom is 0.256 e. The highest BCUT2D eigenvalue weighted by Crippen LogP contribution is 2.40. The molecule has 3 aromatic rings. The second kappa shape index (κ2) is 6.29. The number of amides is 1. The zero-order valence-electron chi connectivity index (χ0n) is 14.8. The van der Waals surface area contributed by atoms with Crippen LogP contribution in [0.5, 0.6) is 5.75 Å². The molecule has 0 spiro atoms. The molecular weight excluding hydrogens is 352 g/mol. The summed E-state index contributed by atoms with van der Waals surface area (Å²) in [4.78, 5) is 17.8. The van der Waals surface area contributed by atoms with Crippen LogP contribution in [-0.2, 0) is 7.05 Å². The van der Waals surface area contributed by atoms with Crippen LogP contribution >= 0.6 is 11.6 Å². The van der Waals surface area contributed by atoms with E-state index in [0.717, 1.165) is 35.3 Å². The van der Waals surface area contributed by atoms with Gasteiger partial charge in [-0.15, -0.1) is 0 Å². The molecule has 2 aromatic heterocycles. The Hall–Kier alpha value is -2.60. The minimum absolute atomic E-state index is 0.226. The van der Waals surface area contributed by atoms with Gasteiger partial charge >= 0.3 is 0 Å². The molecule has 1 N–H and O–H groups in total. The molecule has 4 rings (SSSR count). The average molecular weight is 371 g/mol. The fourth-order valence-electron chi connectivity index (χ4n) is 3.20. The molecule has 1 aliphatic carbocycles. The van der Waals surface area contributed by atoms with Crippen molar-refractivity contribution in [3.63, 3.8) is 0 Å². The number of hydrogen-bond donors (Lipinski definition) is 1. The summed E-state index contributed by atoms with van der Waals surface area (Å²) in [5.41, 5.74) is 3.56. The van der Waals surface area contributed by atoms with Gasteiger partial charge < -0.3 is 10.1 Å². The molecule has 0 bridgehead atoms. The second-order valence-corrected chi connectivity index (χ2v) is 7.01. The van der Waals surface area contributed by atoms with Crippen molar-refractivity contribution in [2.45, 2.75) is 25.7 Å². The Labute approximate surface area is 156 Å². The molecule has 0 radical (unpaired) electrons. The van der Waals surface area contributed by atoms with Gasteiger partial charge in [-0.3, -0.25) is 9.48 Å². The first-order valence-electron chi connectivity index (χ1n) is 8.47. The average Bonchev–Trinajstić information content (AvgIpc) is 3.41. The number of pyridine rings is 1. The highest BCUT2D eigenvalue weighted by atomic mass is 35.5. The summed E-state index contributed by atoms with van der Waals surface area (Å²) in [5.74, 6) is 0.760. The first kappa shape index (κ1) is 16.8. The third kappa shape index (κ3) is 2.90. The molecule has 0 aliphatic heterocycles. The molecule has 134 valence electrons. The number of anilines is 1. The molecule has 1 saturated carbocycles. The van der Waals surface area contributed by atoms with E-state index in [1.54, 1.807) is 30.0 Å². The number of nitrogens with zero attached hydrogens (tertiary/aromatic N) is 3. The first-order chi connectivity index (χ1) is 12.5. The van der Waals surface area contributed by atoms with Crippen molar-refractivity contribution in [3.05, 3.63) is 46.2 Å². The lowest BCUT2D eigenvalue weighted by molar-refractivity contribution is 0.102. The third-order valence-electron chi connectivity index (χ3n) is 4.64. The van der Waals surface area contributed by atoms with E-state index in [9.17, 15) is 4.79 Å². The Kier molecular flexibility index (Phi) is 4.07. The number of rotatable bonds is 4. The van der Waals surface area contributed by atoms with E-state index in [-0.39, 0.29) is 5.91 Å². The number of nitrogens with one attached hydrogen (secondary N) is 1. The molecule has 2 heterocycles. The number of carbonyl (C=O) groups is 1. The van der Waals surface area contributed by atoms with Crippen LogP contribution in [0.4, 0.5) is 5.69 Å². The van der Waals surface area contributed by atoms with Crippen LogP contribution in [0.2, 0.25) is 5.02 Å². The fraction of sp³-hybridized carbons (Fsp3) is 0.316. The van der Waals surface area contributed by atoms with Crippen molar-refractivity contribution >= 4 is 34.2 Å². The third-order valence-corrected chi connectivity index (χ3v) is 4.87. The van der Waals surface area contributed by atoms with Crippen LogP contribution < -0.4 is 10.1 Å². The summed E-state index contributed by atoms with van der Waals surface area (Å²) in [6, 6.07) is 7.01. The number of methoxy groups -OCH3 is 1. The quantitative estimate of drug-likeness (QED) is 0.751. The van der Waals surface area contributed by atoms with Crippen LogP contribution in [0, 0.1) is 6.92 Å². The summed E-state index contributed by atoms with van der Waals surface area (Å²) < 4.78 is 7.05. The molecule has 1 aliphatic rings. The van der Waals surface area contributed by atoms with Gasteiger partial charge in [0.1, 0.15) is 5.75 Å². The van der Waals surface area contributed by atoms with Gasteiger partial charge in [-0.1, -0.05) is 11.6 Å². The number of halogens is 1. The highest BCUT2D eigenvalue weighted by Gasteiger charge is 2.28. The molecule has 6 nitrogen and oxygen atoms in total. The van der Waals surface area contributed by atoms with Crippen molar-refractivity contribution in [1.82, 2.24) is 14.8 Å². The molecule has 0 atom stereocenters. The van der Waals surface area contributed by atoms with Gasteiger partial charge in [-0.25, -0.2) is 4.98 Å². The predicted octanol–water partition coefficient (Wildman–Crippen LogP) is 4.07. The first-order valence-corrected chi connectivity index (χ1v) is 8.85. The van der Waals surface area contributed by atoms with Crippen LogP contribution in [0.15, 0.2) is 24.3 Å². The van der Waals surface area contributed by atoms with Gasteiger partial charge in [0.05, 0.1) is 29.4 Å². The SMILES string of the molecule is COc1ccc(Cl)cc1NC(=O)c1cc(C2CC2)nc2c1c(C)nn2C. The monoisotopic (exact) mass is 370 g/mol. The van der Waals surface area contributed by atoms with E-state index in [2.05, 4.69) is 10.4 Å². The van der Waals surface area contributed by atoms with E-state index >= 15 is 0 Å². The van der Waals surface area contributed by atoms with Crippen molar-refractivity contribution in [1.29, 1.82) is 0 Å². The van der Waals surface area contributed by atoms with Crippen molar-refractivity contribution in [3.8, 4) is 5.75 Å². The highest BCUT2D eigenvalue weighted by molar-refractivity contribution is 6.31. The molecule has 0 saturated heterocycles. The standard InChI is InChI=1S/C19H19ClN4O2/c1-10-17-13(9-14(11-4-5-11)21-18(17)24(2)23-10)19(25)22-15-8-12(20)6-7-16(15)26-3/h6-9,11H,4-5H2,1-3H3,(H,22,25). The smallest absolute Gasteiger partial charge is 0.256 e. The van der Waals surface area contributed by atoms with Crippen LogP contribution in [0.25, 0.3) is 11.0 Å². The molecular formula is C19H19ClN4O2. The maximum atomic E-state index is 13.1. The maximum absolute atomic E-state index is 13.1. The van der Waals surface area contributed by atoms with Crippen LogP contribution in [0.3, 0.4) is 0 Å². The fourth-order valence-corrected chi connectivity index (χ4v) is 3.37. The molecule has 26 heavy (non-hydrogen) atoms. The number of aryl methyl sites for hydroxylation is 2. The van der Waals surface area contributed by atoms with Crippen LogP contribution in [-0.4, -0.2) is 27.8 Å². The van der Waals surface area contributed by atoms with Gasteiger partial charge in [0.25, 0.3) is 5.91 Å². The Bertz CT molecular complexity index is 1020. The summed E-state index contributed by atoms with van der Waals surface area (Å²) >= 11 is 6.07. The van der Waals surface area contributed by atoms with Gasteiger partial charge in [0.2, 0.25) is 0 Å². The number of carbonyl (C=O) groups excluding carboxylic acids is 1. The minimum Gasteiger partial charge on any atom is -0.495 e. The number of hydrogen-bond acceptors (Lipinski definition) is 4. The van der Waals surface area contributed by atoms with Crippen molar-refractivity contribution < 1.29 is 9.53 Å². The zero-order valence-corrected chi connectivity index (χ0v) is 15.6. The van der Waals surface area contributed by atoms with E-state index in [1.807, 2.05) is 20.0 Å². The van der Waals surface area contributed by atoms with Gasteiger partial charge in [0.15, 0.2) is 5.65 Å². The normalized spacial score (nSPS) is 13.8. The Morgan fingerprint density at radius 1 is 1.35 bits per heavy atom. The number of ether oxygens (including phenoxy) is 1. The molecule has 0 unspecified atom stereocenters. The van der Waals surface area contributed by atoms with Crippen molar-refractivity contribution in [2.24, 2.45) is 7.05 Å². The number of fused-ring (bicyclic) bond motifs is 1. The summed E-state index contributed by atoms with van der Waals surface area (Å²) in [5, 5.41) is 8.66. The molecule has 7 heteroatoms. The summed E-state index contributed by atoms with van der Waals surface area (Å²) in [6.45, 7) is 1.89. The van der Waals surface area contributed by atoms with E-state index in [0.29, 0.717) is 27.9 Å². The summed E-state index contributed by atoms with van der Waals surface area (Å²) in [7, 11) is 3.40. The van der Waals surface area contributed by atoms with Crippen LogP contribution in [0.1, 0.15) is 40.5 Å². The lowest BCUT2D eigenvalue weighted by Crippen LogP contribution is -2.14. The number of aromatic nitrogens is 3. The predicted molar refractivity (Wildman–Crippen MR) is 101 cm³/mol. The van der Waals surface area contributed by atoms with E-state index < -0.39 is 0 Å². The topological polar surface area (TPSA) is 69.0 Å². The second-order valence-electron chi connectivity index (χ2n) is 6.58. The lowest BCUT2D eigenvalue weighted by atomic mass is 10.1. The van der Waals surface area contributed by atoms with Crippen molar-refractivity contribution in [2.75, 3.05) is 12.4 Å². The molecule has 1 aromatic carbocycles. The Morgan fingerprint density at radius 2 is 2.12 bits per heavy atom. The largest absolute Gasteiger partial charge is 0.495 e. The van der Waals surface area contributed by atoms with Gasteiger partial charge in [0, 0.05) is 23.7 Å². The molecule has 1 amide bonds. The van der Waals surface area contributed by atoms with Gasteiger partial charge in [-0.2, -0.15) is 5.10 Å². The minimum atomic E-state index is -0.226. The van der Waals surface area contributed by atoms with E-state index in [4.69, 9.17) is 21.3 Å². The number of benzene rings is 1. The zero-order chi connectivity index (χ0) is 18.4. The van der Waals surface area contributed by atoms with Gasteiger partial charge in [-0.05, 0) is 44.0 Å². The Morgan fingerprint density at radius 3 is 2.81 bits per heavy atom. The molecule has 1 fully saturated rings. The Balaban J connectivity index is 1.80. The summed E-state index contributed by atoms with van der Waals surface area (Å²) in [6.07, 6.45) is 2.22. The lowest BCUT2D eigenvalue weighted by Gasteiger charge is -2.12.